The molecule has 23 heavy (non-hydrogen) atoms. The van der Waals surface area contributed by atoms with Crippen LogP contribution in [-0.4, -0.2) is 41.0 Å². The second-order valence-electron chi connectivity index (χ2n) is 5.79. The summed E-state index contributed by atoms with van der Waals surface area (Å²) in [6, 6.07) is 7.89. The van der Waals surface area contributed by atoms with Crippen LogP contribution >= 0.6 is 23.1 Å². The first kappa shape index (κ1) is 16.3. The maximum atomic E-state index is 12.4. The maximum absolute atomic E-state index is 12.4. The lowest BCUT2D eigenvalue weighted by molar-refractivity contribution is 0.183. The Hall–Kier alpha value is -1.53. The summed E-state index contributed by atoms with van der Waals surface area (Å²) in [4.78, 5) is 18.7. The molecule has 1 atom stereocenters. The number of amides is 2. The standard InChI is InChI=1S/C17H21N3OS2/c1-22-10-13-3-2-8-20(9-13)17(21)19-15-6-4-14(5-7-15)16-11-23-12-18-16/h4-7,11-13H,2-3,8-10H2,1H3,(H,19,21)/t13-/m0/s1. The van der Waals surface area contributed by atoms with Crippen LogP contribution in [0.4, 0.5) is 10.5 Å². The summed E-state index contributed by atoms with van der Waals surface area (Å²) in [6.07, 6.45) is 4.46. The first-order chi connectivity index (χ1) is 11.3. The Balaban J connectivity index is 1.59. The summed E-state index contributed by atoms with van der Waals surface area (Å²) in [5, 5.41) is 5.03. The van der Waals surface area contributed by atoms with E-state index in [1.165, 1.54) is 6.42 Å². The third-order valence-electron chi connectivity index (χ3n) is 4.07. The predicted molar refractivity (Wildman–Crippen MR) is 99.2 cm³/mol. The Bertz CT molecular complexity index is 626. The average Bonchev–Trinajstić information content (AvgIpc) is 3.11. The van der Waals surface area contributed by atoms with Gasteiger partial charge in [-0.25, -0.2) is 9.78 Å². The van der Waals surface area contributed by atoms with E-state index in [4.69, 9.17) is 0 Å². The van der Waals surface area contributed by atoms with Crippen LogP contribution in [0.1, 0.15) is 12.8 Å². The molecule has 2 heterocycles. The molecule has 0 aliphatic carbocycles. The normalized spacial score (nSPS) is 18.0. The van der Waals surface area contributed by atoms with Gasteiger partial charge in [-0.15, -0.1) is 11.3 Å². The Labute approximate surface area is 145 Å². The number of likely N-dealkylation sites (tertiary alicyclic amines) is 1. The van der Waals surface area contributed by atoms with Gasteiger partial charge in [0.2, 0.25) is 0 Å². The molecule has 1 saturated heterocycles. The van der Waals surface area contributed by atoms with Gasteiger partial charge in [0.25, 0.3) is 0 Å². The van der Waals surface area contributed by atoms with Gasteiger partial charge in [-0.3, -0.25) is 0 Å². The molecule has 0 spiro atoms. The zero-order chi connectivity index (χ0) is 16.1. The highest BCUT2D eigenvalue weighted by Crippen LogP contribution is 2.23. The second-order valence-corrected chi connectivity index (χ2v) is 7.42. The highest BCUT2D eigenvalue weighted by molar-refractivity contribution is 7.98. The molecule has 1 N–H and O–H groups in total. The molecule has 3 rings (SSSR count). The van der Waals surface area contributed by atoms with E-state index in [9.17, 15) is 4.79 Å². The summed E-state index contributed by atoms with van der Waals surface area (Å²) in [5.74, 6) is 1.75. The smallest absolute Gasteiger partial charge is 0.321 e. The number of anilines is 1. The minimum Gasteiger partial charge on any atom is -0.324 e. The lowest BCUT2D eigenvalue weighted by Gasteiger charge is -2.32. The molecule has 1 aliphatic rings. The zero-order valence-corrected chi connectivity index (χ0v) is 14.8. The highest BCUT2D eigenvalue weighted by Gasteiger charge is 2.23. The first-order valence-electron chi connectivity index (χ1n) is 7.80. The van der Waals surface area contributed by atoms with E-state index in [0.29, 0.717) is 5.92 Å². The van der Waals surface area contributed by atoms with Crippen LogP contribution < -0.4 is 5.32 Å². The molecule has 6 heteroatoms. The van der Waals surface area contributed by atoms with Crippen LogP contribution in [0.5, 0.6) is 0 Å². The van der Waals surface area contributed by atoms with Crippen molar-refractivity contribution in [2.45, 2.75) is 12.8 Å². The fourth-order valence-electron chi connectivity index (χ4n) is 2.90. The van der Waals surface area contributed by atoms with Crippen LogP contribution in [0.25, 0.3) is 11.3 Å². The van der Waals surface area contributed by atoms with Gasteiger partial charge < -0.3 is 10.2 Å². The number of nitrogens with one attached hydrogen (secondary N) is 1. The van der Waals surface area contributed by atoms with Crippen molar-refractivity contribution in [1.29, 1.82) is 0 Å². The van der Waals surface area contributed by atoms with Gasteiger partial charge in [-0.05, 0) is 42.9 Å². The molecule has 2 amide bonds. The lowest BCUT2D eigenvalue weighted by atomic mass is 10.0. The number of carbonyl (C=O) groups is 1. The number of carbonyl (C=O) groups excluding carboxylic acids is 1. The lowest BCUT2D eigenvalue weighted by Crippen LogP contribution is -2.42. The van der Waals surface area contributed by atoms with Crippen molar-refractivity contribution in [3.63, 3.8) is 0 Å². The highest BCUT2D eigenvalue weighted by atomic mass is 32.2. The summed E-state index contributed by atoms with van der Waals surface area (Å²) in [5.41, 5.74) is 4.71. The molecule has 0 saturated carbocycles. The number of piperidine rings is 1. The number of urea groups is 1. The van der Waals surface area contributed by atoms with Gasteiger partial charge in [0.15, 0.2) is 0 Å². The number of benzene rings is 1. The number of nitrogens with zero attached hydrogens (tertiary/aromatic N) is 2. The van der Waals surface area contributed by atoms with Crippen LogP contribution in [0.2, 0.25) is 0 Å². The largest absolute Gasteiger partial charge is 0.324 e. The molecule has 1 fully saturated rings. The first-order valence-corrected chi connectivity index (χ1v) is 10.1. The molecule has 0 radical (unpaired) electrons. The molecule has 1 aliphatic heterocycles. The maximum Gasteiger partial charge on any atom is 0.321 e. The molecule has 0 unspecified atom stereocenters. The van der Waals surface area contributed by atoms with Gasteiger partial charge in [0, 0.05) is 29.7 Å². The number of aromatic nitrogens is 1. The summed E-state index contributed by atoms with van der Waals surface area (Å²) >= 11 is 3.45. The number of rotatable bonds is 4. The summed E-state index contributed by atoms with van der Waals surface area (Å²) in [6.45, 7) is 1.72. The Morgan fingerprint density at radius 2 is 2.26 bits per heavy atom. The van der Waals surface area contributed by atoms with Gasteiger partial charge in [-0.1, -0.05) is 12.1 Å². The van der Waals surface area contributed by atoms with Gasteiger partial charge in [0.05, 0.1) is 11.2 Å². The van der Waals surface area contributed by atoms with Crippen molar-refractivity contribution in [3.05, 3.63) is 35.2 Å². The predicted octanol–water partition coefficient (Wildman–Crippen LogP) is 4.42. The third-order valence-corrected chi connectivity index (χ3v) is 5.46. The summed E-state index contributed by atoms with van der Waals surface area (Å²) < 4.78 is 0. The van der Waals surface area contributed by atoms with Crippen molar-refractivity contribution in [1.82, 2.24) is 9.88 Å². The fourth-order valence-corrected chi connectivity index (χ4v) is 4.21. The minimum absolute atomic E-state index is 0.0113. The van der Waals surface area contributed by atoms with Gasteiger partial charge in [-0.2, -0.15) is 11.8 Å². The number of thiazole rings is 1. The van der Waals surface area contributed by atoms with Crippen LogP contribution in [0, 0.1) is 5.92 Å². The van der Waals surface area contributed by atoms with E-state index in [0.717, 1.165) is 42.2 Å². The van der Waals surface area contributed by atoms with Crippen molar-refractivity contribution < 1.29 is 4.79 Å². The van der Waals surface area contributed by atoms with E-state index >= 15 is 0 Å². The quantitative estimate of drug-likeness (QED) is 0.890. The van der Waals surface area contributed by atoms with E-state index in [1.807, 2.05) is 51.8 Å². The topological polar surface area (TPSA) is 45.2 Å². The van der Waals surface area contributed by atoms with E-state index < -0.39 is 0 Å². The van der Waals surface area contributed by atoms with E-state index in [1.54, 1.807) is 11.3 Å². The van der Waals surface area contributed by atoms with Gasteiger partial charge in [0.1, 0.15) is 0 Å². The zero-order valence-electron chi connectivity index (χ0n) is 13.2. The SMILES string of the molecule is CSC[C@H]1CCCN(C(=O)Nc2ccc(-c3cscn3)cc2)C1. The van der Waals surface area contributed by atoms with Crippen molar-refractivity contribution in [2.75, 3.05) is 30.4 Å². The van der Waals surface area contributed by atoms with E-state index in [-0.39, 0.29) is 6.03 Å². The van der Waals surface area contributed by atoms with E-state index in [2.05, 4.69) is 16.6 Å². The molecule has 122 valence electrons. The molecule has 4 nitrogen and oxygen atoms in total. The van der Waals surface area contributed by atoms with Crippen molar-refractivity contribution in [2.24, 2.45) is 5.92 Å². The number of hydrogen-bond donors (Lipinski definition) is 1. The van der Waals surface area contributed by atoms with Crippen LogP contribution in [-0.2, 0) is 0 Å². The van der Waals surface area contributed by atoms with Crippen LogP contribution in [0.15, 0.2) is 35.2 Å². The second kappa shape index (κ2) is 7.84. The minimum atomic E-state index is 0.0113. The summed E-state index contributed by atoms with van der Waals surface area (Å²) in [7, 11) is 0. The average molecular weight is 348 g/mol. The monoisotopic (exact) mass is 347 g/mol. The Morgan fingerprint density at radius 1 is 1.43 bits per heavy atom. The number of thioether (sulfide) groups is 1. The molecular weight excluding hydrogens is 326 g/mol. The third kappa shape index (κ3) is 4.26. The van der Waals surface area contributed by atoms with Crippen LogP contribution in [0.3, 0.4) is 0 Å². The Kier molecular flexibility index (Phi) is 5.56. The molecule has 1 aromatic heterocycles. The fraction of sp³-hybridized carbons (Fsp3) is 0.412. The van der Waals surface area contributed by atoms with Gasteiger partial charge >= 0.3 is 6.03 Å². The van der Waals surface area contributed by atoms with Crippen molar-refractivity contribution >= 4 is 34.8 Å². The van der Waals surface area contributed by atoms with Crippen molar-refractivity contribution in [3.8, 4) is 11.3 Å². The Morgan fingerprint density at radius 3 is 2.96 bits per heavy atom. The molecule has 1 aromatic carbocycles. The molecule has 2 aromatic rings. The molecule has 0 bridgehead atoms. The molecular formula is C17H21N3OS2. The number of hydrogen-bond acceptors (Lipinski definition) is 4.